The van der Waals surface area contributed by atoms with Gasteiger partial charge in [-0.2, -0.15) is 0 Å². The van der Waals surface area contributed by atoms with Gasteiger partial charge in [-0.15, -0.1) is 0 Å². The summed E-state index contributed by atoms with van der Waals surface area (Å²) in [5, 5.41) is 55.2. The van der Waals surface area contributed by atoms with Crippen molar-refractivity contribution in [2.24, 2.45) is 0 Å². The first-order chi connectivity index (χ1) is 14.1. The minimum atomic E-state index is -1.81. The van der Waals surface area contributed by atoms with E-state index in [0.29, 0.717) is 0 Å². The van der Waals surface area contributed by atoms with Crippen LogP contribution in [0, 0.1) is 0 Å². The number of carbonyl (C=O) groups is 2. The summed E-state index contributed by atoms with van der Waals surface area (Å²) >= 11 is 0. The number of ketones is 2. The van der Waals surface area contributed by atoms with Gasteiger partial charge in [0.15, 0.2) is 5.78 Å². The molecule has 156 valence electrons. The molecular weight excluding hydrogens is 390 g/mol. The molecule has 8 heteroatoms. The topological polar surface area (TPSA) is 147 Å². The Bertz CT molecular complexity index is 1090. The van der Waals surface area contributed by atoms with Gasteiger partial charge in [0.05, 0.1) is 22.4 Å². The second-order valence-electron chi connectivity index (χ2n) is 7.85. The average Bonchev–Trinajstić information content (AvgIpc) is 2.71. The maximum Gasteiger partial charge on any atom is 0.213 e. The highest BCUT2D eigenvalue weighted by Crippen LogP contribution is 2.49. The first-order valence-corrected chi connectivity index (χ1v) is 9.41. The number of hydrogen-bond donors (Lipinski definition) is 6. The average molecular weight is 411 g/mol. The van der Waals surface area contributed by atoms with Gasteiger partial charge in [-0.25, -0.2) is 0 Å². The van der Waals surface area contributed by atoms with Gasteiger partial charge in [-0.1, -0.05) is 30.3 Å². The van der Waals surface area contributed by atoms with Gasteiger partial charge >= 0.3 is 0 Å². The van der Waals surface area contributed by atoms with Gasteiger partial charge in [0.25, 0.3) is 0 Å². The molecular formula is C22H21NO7. The van der Waals surface area contributed by atoms with Crippen LogP contribution in [-0.2, 0) is 13.0 Å². The summed E-state index contributed by atoms with van der Waals surface area (Å²) in [6, 6.07) is 9.18. The lowest BCUT2D eigenvalue weighted by Crippen LogP contribution is -2.48. The summed E-state index contributed by atoms with van der Waals surface area (Å²) in [7, 11) is 0. The molecule has 0 heterocycles. The highest BCUT2D eigenvalue weighted by Gasteiger charge is 2.47. The van der Waals surface area contributed by atoms with E-state index in [1.54, 1.807) is 0 Å². The monoisotopic (exact) mass is 411 g/mol. The van der Waals surface area contributed by atoms with Gasteiger partial charge < -0.3 is 30.8 Å². The molecule has 0 fully saturated rings. The largest absolute Gasteiger partial charge is 0.507 e. The number of aliphatic hydroxyl groups is 3. The van der Waals surface area contributed by atoms with Gasteiger partial charge in [-0.3, -0.25) is 9.59 Å². The third-order valence-corrected chi connectivity index (χ3v) is 5.68. The number of carbonyl (C=O) groups excluding carboxylic acids is 2. The molecule has 0 aliphatic heterocycles. The molecule has 0 saturated carbocycles. The molecule has 2 aliphatic carbocycles. The Morgan fingerprint density at radius 3 is 2.40 bits per heavy atom. The van der Waals surface area contributed by atoms with Crippen LogP contribution in [0.2, 0.25) is 0 Å². The number of allylic oxidation sites excluding steroid dienone is 2. The number of fused-ring (bicyclic) bond motifs is 2. The number of aliphatic hydroxyl groups excluding tert-OH is 2. The number of phenols is 2. The SMILES string of the molecule is CC1(O)Cc2c(O)c3c(c(O)c2C(O)C1O)C(=O)C=C(NCc1ccccc1)C3=O. The van der Waals surface area contributed by atoms with E-state index in [0.717, 1.165) is 11.6 Å². The van der Waals surface area contributed by atoms with E-state index in [4.69, 9.17) is 0 Å². The minimum Gasteiger partial charge on any atom is -0.507 e. The van der Waals surface area contributed by atoms with E-state index in [-0.39, 0.29) is 29.8 Å². The molecule has 8 nitrogen and oxygen atoms in total. The van der Waals surface area contributed by atoms with E-state index in [2.05, 4.69) is 5.32 Å². The number of rotatable bonds is 3. The van der Waals surface area contributed by atoms with Crippen LogP contribution >= 0.6 is 0 Å². The Kier molecular flexibility index (Phi) is 4.65. The predicted octanol–water partition coefficient (Wildman–Crippen LogP) is 0.852. The van der Waals surface area contributed by atoms with Crippen LogP contribution in [0.1, 0.15) is 50.4 Å². The third-order valence-electron chi connectivity index (χ3n) is 5.68. The number of phenolic OH excluding ortho intramolecular Hbond substituents is 2. The number of Topliss-reactive ketones (excluding diaryl/α,β-unsaturated/α-hetero) is 1. The highest BCUT2D eigenvalue weighted by atomic mass is 16.4. The van der Waals surface area contributed by atoms with Crippen LogP contribution in [0.4, 0.5) is 0 Å². The molecule has 0 radical (unpaired) electrons. The first kappa shape index (κ1) is 20.1. The highest BCUT2D eigenvalue weighted by molar-refractivity contribution is 6.26. The zero-order chi connectivity index (χ0) is 21.8. The van der Waals surface area contributed by atoms with Crippen molar-refractivity contribution in [3.63, 3.8) is 0 Å². The van der Waals surface area contributed by atoms with Crippen molar-refractivity contribution in [1.82, 2.24) is 5.32 Å². The fraction of sp³-hybridized carbons (Fsp3) is 0.273. The number of hydrogen-bond acceptors (Lipinski definition) is 8. The minimum absolute atomic E-state index is 0.0471. The Morgan fingerprint density at radius 2 is 1.73 bits per heavy atom. The smallest absolute Gasteiger partial charge is 0.213 e. The predicted molar refractivity (Wildman–Crippen MR) is 105 cm³/mol. The van der Waals surface area contributed by atoms with Crippen molar-refractivity contribution in [2.75, 3.05) is 0 Å². The Morgan fingerprint density at radius 1 is 1.07 bits per heavy atom. The number of benzene rings is 2. The summed E-state index contributed by atoms with van der Waals surface area (Å²) in [5.41, 5.74) is -2.16. The van der Waals surface area contributed by atoms with Gasteiger partial charge in [0.1, 0.15) is 23.7 Å². The molecule has 2 aromatic rings. The van der Waals surface area contributed by atoms with Crippen molar-refractivity contribution < 1.29 is 35.1 Å². The van der Waals surface area contributed by atoms with Crippen LogP contribution < -0.4 is 5.32 Å². The van der Waals surface area contributed by atoms with Crippen LogP contribution in [0.3, 0.4) is 0 Å². The van der Waals surface area contributed by atoms with E-state index in [1.807, 2.05) is 30.3 Å². The van der Waals surface area contributed by atoms with E-state index < -0.39 is 52.0 Å². The van der Waals surface area contributed by atoms with Crippen molar-refractivity contribution in [3.05, 3.63) is 69.9 Å². The van der Waals surface area contributed by atoms with Crippen molar-refractivity contribution in [3.8, 4) is 11.5 Å². The molecule has 30 heavy (non-hydrogen) atoms. The van der Waals surface area contributed by atoms with Crippen LogP contribution in [0.15, 0.2) is 42.1 Å². The van der Waals surface area contributed by atoms with Crippen LogP contribution in [0.5, 0.6) is 11.5 Å². The molecule has 3 atom stereocenters. The number of nitrogens with one attached hydrogen (secondary N) is 1. The summed E-state index contributed by atoms with van der Waals surface area (Å²) in [5.74, 6) is -2.71. The molecule has 0 aromatic heterocycles. The van der Waals surface area contributed by atoms with Crippen molar-refractivity contribution >= 4 is 11.6 Å². The lowest BCUT2D eigenvalue weighted by Gasteiger charge is -2.39. The summed E-state index contributed by atoms with van der Waals surface area (Å²) in [6.45, 7) is 1.53. The second-order valence-corrected chi connectivity index (χ2v) is 7.85. The molecule has 3 unspecified atom stereocenters. The molecule has 2 aliphatic rings. The molecule has 0 saturated heterocycles. The molecule has 6 N–H and O–H groups in total. The molecule has 2 aromatic carbocycles. The Balaban J connectivity index is 1.78. The third kappa shape index (κ3) is 2.97. The van der Waals surface area contributed by atoms with E-state index in [9.17, 15) is 35.1 Å². The first-order valence-electron chi connectivity index (χ1n) is 9.41. The standard InChI is InChI=1S/C22H21NO7/c1-22(30)8-11-14(20(28)21(22)29)19(27)15-13(24)7-12(18(26)16(15)17(11)25)23-9-10-5-3-2-4-6-10/h2-7,20-21,23,25,27-30H,8-9H2,1H3. The Hall–Kier alpha value is -3.20. The summed E-state index contributed by atoms with van der Waals surface area (Å²) < 4.78 is 0. The Labute approximate surface area is 171 Å². The zero-order valence-electron chi connectivity index (χ0n) is 16.1. The van der Waals surface area contributed by atoms with Crippen LogP contribution in [0.25, 0.3) is 0 Å². The summed E-state index contributed by atoms with van der Waals surface area (Å²) in [6.07, 6.45) is -2.70. The zero-order valence-corrected chi connectivity index (χ0v) is 16.1. The normalized spacial score (nSPS) is 25.4. The second kappa shape index (κ2) is 6.94. The fourth-order valence-electron chi connectivity index (χ4n) is 4.04. The molecule has 0 amide bonds. The van der Waals surface area contributed by atoms with Crippen LogP contribution in [-0.4, -0.2) is 48.8 Å². The van der Waals surface area contributed by atoms with Crippen molar-refractivity contribution in [1.29, 1.82) is 0 Å². The maximum atomic E-state index is 13.0. The summed E-state index contributed by atoms with van der Waals surface area (Å²) in [4.78, 5) is 25.7. The van der Waals surface area contributed by atoms with Crippen molar-refractivity contribution in [2.45, 2.75) is 37.7 Å². The number of aromatic hydroxyl groups is 2. The quantitative estimate of drug-likeness (QED) is 0.408. The van der Waals surface area contributed by atoms with E-state index in [1.165, 1.54) is 6.92 Å². The fourth-order valence-corrected chi connectivity index (χ4v) is 4.04. The molecule has 0 spiro atoms. The van der Waals surface area contributed by atoms with Gasteiger partial charge in [0, 0.05) is 30.2 Å². The lowest BCUT2D eigenvalue weighted by molar-refractivity contribution is -0.126. The maximum absolute atomic E-state index is 13.0. The molecule has 4 rings (SSSR count). The molecule has 0 bridgehead atoms. The lowest BCUT2D eigenvalue weighted by atomic mass is 9.73. The van der Waals surface area contributed by atoms with E-state index >= 15 is 0 Å². The van der Waals surface area contributed by atoms with Gasteiger partial charge in [-0.05, 0) is 12.5 Å². The van der Waals surface area contributed by atoms with Gasteiger partial charge in [0.2, 0.25) is 5.78 Å².